The van der Waals surface area contributed by atoms with E-state index >= 15 is 0 Å². The molecule has 0 nitrogen and oxygen atoms in total. The van der Waals surface area contributed by atoms with Gasteiger partial charge in [-0.15, -0.1) is 0 Å². The van der Waals surface area contributed by atoms with Gasteiger partial charge in [0.1, 0.15) is 0 Å². The second-order valence-corrected chi connectivity index (χ2v) is 3.67. The van der Waals surface area contributed by atoms with Gasteiger partial charge in [0.15, 0.2) is 3.68 Å². The van der Waals surface area contributed by atoms with Crippen molar-refractivity contribution in [1.29, 1.82) is 0 Å². The van der Waals surface area contributed by atoms with Crippen molar-refractivity contribution in [1.82, 2.24) is 0 Å². The maximum absolute atomic E-state index is 12.1. The maximum Gasteiger partial charge on any atom is 0.158 e. The van der Waals surface area contributed by atoms with Crippen molar-refractivity contribution in [2.75, 3.05) is 0 Å². The molecular formula is C4H8FI. The first-order valence-electron chi connectivity index (χ1n) is 1.94. The molecule has 0 aliphatic carbocycles. The first-order chi connectivity index (χ1) is 2.56. The van der Waals surface area contributed by atoms with E-state index < -0.39 is 3.68 Å². The van der Waals surface area contributed by atoms with Crippen LogP contribution in [0.5, 0.6) is 0 Å². The van der Waals surface area contributed by atoms with E-state index in [2.05, 4.69) is 0 Å². The van der Waals surface area contributed by atoms with Crippen molar-refractivity contribution in [3.8, 4) is 0 Å². The second kappa shape index (κ2) is 2.09. The van der Waals surface area contributed by atoms with Crippen LogP contribution in [0.4, 0.5) is 4.39 Å². The lowest BCUT2D eigenvalue weighted by atomic mass is 10.3. The largest absolute Gasteiger partial charge is 0.233 e. The Balaban J connectivity index is 3.17. The summed E-state index contributed by atoms with van der Waals surface area (Å²) in [6, 6.07) is 0. The molecule has 0 spiro atoms. The lowest BCUT2D eigenvalue weighted by molar-refractivity contribution is 0.331. The van der Waals surface area contributed by atoms with E-state index in [4.69, 9.17) is 0 Å². The Morgan fingerprint density at radius 1 is 1.83 bits per heavy atom. The molecule has 6 heavy (non-hydrogen) atoms. The summed E-state index contributed by atoms with van der Waals surface area (Å²) in [6.45, 7) is 3.39. The van der Waals surface area contributed by atoms with Crippen LogP contribution in [0.2, 0.25) is 0 Å². The van der Waals surface area contributed by atoms with Crippen LogP contribution in [0.15, 0.2) is 0 Å². The molecule has 0 amide bonds. The van der Waals surface area contributed by atoms with Crippen molar-refractivity contribution in [2.24, 2.45) is 0 Å². The predicted octanol–water partition coefficient (Wildman–Crippen LogP) is 2.52. The lowest BCUT2D eigenvalue weighted by Crippen LogP contribution is -2.01. The van der Waals surface area contributed by atoms with Gasteiger partial charge in [-0.1, -0.05) is 6.92 Å². The molecule has 0 bridgehead atoms. The molecule has 2 heteroatoms. The quantitative estimate of drug-likeness (QED) is 0.452. The Kier molecular flexibility index (Phi) is 2.33. The molecule has 0 aromatic carbocycles. The smallest absolute Gasteiger partial charge is 0.158 e. The van der Waals surface area contributed by atoms with Gasteiger partial charge in [0.05, 0.1) is 0 Å². The Labute approximate surface area is 51.3 Å². The molecule has 0 aliphatic rings. The van der Waals surface area contributed by atoms with Crippen LogP contribution in [0.1, 0.15) is 20.3 Å². The molecule has 0 aromatic rings. The van der Waals surface area contributed by atoms with Crippen molar-refractivity contribution >= 4 is 22.6 Å². The normalized spacial score (nSPS) is 20.0. The van der Waals surface area contributed by atoms with Gasteiger partial charge in [-0.05, 0) is 35.9 Å². The van der Waals surface area contributed by atoms with Gasteiger partial charge in [0.25, 0.3) is 0 Å². The zero-order valence-corrected chi connectivity index (χ0v) is 6.12. The van der Waals surface area contributed by atoms with Crippen LogP contribution < -0.4 is 0 Å². The van der Waals surface area contributed by atoms with E-state index in [1.54, 1.807) is 29.5 Å². The molecule has 1 atom stereocenters. The van der Waals surface area contributed by atoms with Gasteiger partial charge in [-0.2, -0.15) is 0 Å². The first-order valence-corrected chi connectivity index (χ1v) is 3.02. The molecule has 0 heterocycles. The van der Waals surface area contributed by atoms with Crippen LogP contribution in [-0.2, 0) is 0 Å². The summed E-state index contributed by atoms with van der Waals surface area (Å²) >= 11 is 1.77. The van der Waals surface area contributed by atoms with E-state index in [-0.39, 0.29) is 0 Å². The Hall–Kier alpha value is 0.660. The predicted molar refractivity (Wildman–Crippen MR) is 33.8 cm³/mol. The van der Waals surface area contributed by atoms with Crippen molar-refractivity contribution in [3.63, 3.8) is 0 Å². The number of hydrogen-bond acceptors (Lipinski definition) is 0. The Bertz CT molecular complexity index is 37.3. The van der Waals surface area contributed by atoms with Crippen LogP contribution in [-0.4, -0.2) is 3.68 Å². The Morgan fingerprint density at radius 3 is 2.00 bits per heavy atom. The highest BCUT2D eigenvalue weighted by atomic mass is 127. The number of rotatable bonds is 1. The van der Waals surface area contributed by atoms with Crippen LogP contribution in [0, 0.1) is 0 Å². The summed E-state index contributed by atoms with van der Waals surface area (Å²) in [7, 11) is 0. The van der Waals surface area contributed by atoms with Gasteiger partial charge < -0.3 is 0 Å². The minimum Gasteiger partial charge on any atom is -0.233 e. The van der Waals surface area contributed by atoms with E-state index in [1.165, 1.54) is 0 Å². The molecule has 0 radical (unpaired) electrons. The molecule has 0 rings (SSSR count). The van der Waals surface area contributed by atoms with E-state index in [9.17, 15) is 4.39 Å². The molecule has 0 saturated carbocycles. The third kappa shape index (κ3) is 4.66. The van der Waals surface area contributed by atoms with Gasteiger partial charge in [0, 0.05) is 0 Å². The highest BCUT2D eigenvalue weighted by Gasteiger charge is 2.12. The van der Waals surface area contributed by atoms with Crippen molar-refractivity contribution < 1.29 is 4.39 Å². The topological polar surface area (TPSA) is 0 Å². The second-order valence-electron chi connectivity index (χ2n) is 1.42. The van der Waals surface area contributed by atoms with E-state index in [0.29, 0.717) is 6.42 Å². The summed E-state index contributed by atoms with van der Waals surface area (Å²) in [6.07, 6.45) is 0.591. The first kappa shape index (κ1) is 6.66. The maximum atomic E-state index is 12.1. The fourth-order valence-electron chi connectivity index (χ4n) is 0. The summed E-state index contributed by atoms with van der Waals surface area (Å²) < 4.78 is 11.1. The highest BCUT2D eigenvalue weighted by molar-refractivity contribution is 14.1. The average molecular weight is 202 g/mol. The SMILES string of the molecule is CCC(C)(F)I. The Morgan fingerprint density at radius 2 is 2.00 bits per heavy atom. The van der Waals surface area contributed by atoms with Gasteiger partial charge in [-0.3, -0.25) is 0 Å². The standard InChI is InChI=1S/C4H8FI/c1-3-4(2,5)6/h3H2,1-2H3. The molecule has 0 aliphatic heterocycles. The average Bonchev–Trinajstić information content (AvgIpc) is 1.35. The summed E-state index contributed by atoms with van der Waals surface area (Å²) in [5, 5.41) is 0. The third-order valence-electron chi connectivity index (χ3n) is 0.621. The number of hydrogen-bond donors (Lipinski definition) is 0. The summed E-state index contributed by atoms with van der Waals surface area (Å²) in [4.78, 5) is 0. The molecule has 0 aromatic heterocycles. The van der Waals surface area contributed by atoms with Gasteiger partial charge in [-0.25, -0.2) is 4.39 Å². The highest BCUT2D eigenvalue weighted by Crippen LogP contribution is 2.22. The van der Waals surface area contributed by atoms with Crippen molar-refractivity contribution in [2.45, 2.75) is 23.9 Å². The number of halogens is 2. The van der Waals surface area contributed by atoms with Crippen LogP contribution >= 0.6 is 22.6 Å². The van der Waals surface area contributed by atoms with Gasteiger partial charge >= 0.3 is 0 Å². The van der Waals surface area contributed by atoms with Crippen LogP contribution in [0.3, 0.4) is 0 Å². The van der Waals surface area contributed by atoms with E-state index in [1.807, 2.05) is 6.92 Å². The van der Waals surface area contributed by atoms with Crippen LogP contribution in [0.25, 0.3) is 0 Å². The number of alkyl halides is 2. The monoisotopic (exact) mass is 202 g/mol. The van der Waals surface area contributed by atoms with Gasteiger partial charge in [0.2, 0.25) is 0 Å². The summed E-state index contributed by atoms with van der Waals surface area (Å²) in [5.74, 6) is 0. The minimum atomic E-state index is -0.988. The molecule has 0 saturated heterocycles. The molecule has 0 N–H and O–H groups in total. The minimum absolute atomic E-state index is 0.591. The third-order valence-corrected chi connectivity index (χ3v) is 1.38. The molecule has 0 fully saturated rings. The fourth-order valence-corrected chi connectivity index (χ4v) is 0. The fraction of sp³-hybridized carbons (Fsp3) is 1.00. The van der Waals surface area contributed by atoms with Crippen molar-refractivity contribution in [3.05, 3.63) is 0 Å². The molecule has 1 unspecified atom stereocenters. The zero-order valence-electron chi connectivity index (χ0n) is 3.96. The zero-order chi connectivity index (χ0) is 5.21. The lowest BCUT2D eigenvalue weighted by Gasteiger charge is -2.04. The molecule has 38 valence electrons. The molecular weight excluding hydrogens is 194 g/mol. The summed E-state index contributed by atoms with van der Waals surface area (Å²) in [5.41, 5.74) is 0. The van der Waals surface area contributed by atoms with E-state index in [0.717, 1.165) is 0 Å².